The Morgan fingerprint density at radius 1 is 0.667 bits per heavy atom. The van der Waals surface area contributed by atoms with Gasteiger partial charge >= 0.3 is 0 Å². The summed E-state index contributed by atoms with van der Waals surface area (Å²) in [6, 6.07) is 13.3. The highest BCUT2D eigenvalue weighted by Gasteiger charge is 2.08. The van der Waals surface area contributed by atoms with E-state index in [0.717, 1.165) is 45.4 Å². The van der Waals surface area contributed by atoms with Crippen molar-refractivity contribution in [2.24, 2.45) is 0 Å². The van der Waals surface area contributed by atoms with E-state index >= 15 is 0 Å². The number of nitrogens with one attached hydrogen (secondary N) is 2. The normalized spacial score (nSPS) is 11.0. The van der Waals surface area contributed by atoms with Crippen molar-refractivity contribution < 1.29 is 0 Å². The van der Waals surface area contributed by atoms with Crippen molar-refractivity contribution in [1.82, 2.24) is 4.90 Å². The second-order valence-electron chi connectivity index (χ2n) is 7.16. The first-order chi connectivity index (χ1) is 13.1. The predicted molar refractivity (Wildman–Crippen MR) is 120 cm³/mol. The van der Waals surface area contributed by atoms with Crippen molar-refractivity contribution in [2.45, 2.75) is 53.4 Å². The van der Waals surface area contributed by atoms with Gasteiger partial charge in [0.05, 0.1) is 6.67 Å². The van der Waals surface area contributed by atoms with E-state index in [1.807, 2.05) is 0 Å². The molecule has 148 valence electrons. The molecule has 3 nitrogen and oxygen atoms in total. The molecule has 27 heavy (non-hydrogen) atoms. The molecule has 0 unspecified atom stereocenters. The molecular formula is C24H37N3. The van der Waals surface area contributed by atoms with E-state index < -0.39 is 0 Å². The molecule has 2 rings (SSSR count). The topological polar surface area (TPSA) is 27.3 Å². The lowest BCUT2D eigenvalue weighted by atomic mass is 10.0. The van der Waals surface area contributed by atoms with Crippen LogP contribution in [0.15, 0.2) is 36.4 Å². The third kappa shape index (κ3) is 5.74. The van der Waals surface area contributed by atoms with Crippen LogP contribution in [0.3, 0.4) is 0 Å². The zero-order valence-electron chi connectivity index (χ0n) is 17.9. The van der Waals surface area contributed by atoms with Gasteiger partial charge < -0.3 is 10.6 Å². The summed E-state index contributed by atoms with van der Waals surface area (Å²) in [6.07, 6.45) is 4.27. The Morgan fingerprint density at radius 2 is 1.07 bits per heavy atom. The Hall–Kier alpha value is -2.00. The van der Waals surface area contributed by atoms with Crippen LogP contribution in [0.5, 0.6) is 0 Å². The maximum atomic E-state index is 3.69. The van der Waals surface area contributed by atoms with Crippen molar-refractivity contribution in [2.75, 3.05) is 37.4 Å². The Kier molecular flexibility index (Phi) is 8.66. The molecule has 0 radical (unpaired) electrons. The molecule has 0 amide bonds. The highest BCUT2D eigenvalue weighted by Crippen LogP contribution is 2.23. The lowest BCUT2D eigenvalue weighted by Crippen LogP contribution is -2.30. The van der Waals surface area contributed by atoms with Crippen LogP contribution in [0.25, 0.3) is 0 Å². The molecule has 2 aromatic carbocycles. The molecule has 0 aromatic heterocycles. The van der Waals surface area contributed by atoms with E-state index in [4.69, 9.17) is 0 Å². The standard InChI is InChI=1S/C24H37N3/c1-6-19-12-10-13-20(7-2)23(19)25-16-17-27(5)18-26-24-21(8-3)14-11-15-22(24)9-4/h10-15,25-26H,6-9,16-18H2,1-5H3. The zero-order valence-corrected chi connectivity index (χ0v) is 17.9. The molecule has 0 atom stereocenters. The van der Waals surface area contributed by atoms with Gasteiger partial charge in [-0.15, -0.1) is 0 Å². The number of likely N-dealkylation sites (N-methyl/N-ethyl adjacent to an activating group) is 1. The van der Waals surface area contributed by atoms with E-state index in [1.54, 1.807) is 0 Å². The highest BCUT2D eigenvalue weighted by molar-refractivity contribution is 5.58. The predicted octanol–water partition coefficient (Wildman–Crippen LogP) is 5.35. The number of nitrogens with zero attached hydrogens (tertiary/aromatic N) is 1. The fraction of sp³-hybridized carbons (Fsp3) is 0.500. The van der Waals surface area contributed by atoms with E-state index in [2.05, 4.69) is 86.7 Å². The molecule has 0 heterocycles. The molecule has 0 spiro atoms. The van der Waals surface area contributed by atoms with Crippen LogP contribution < -0.4 is 10.6 Å². The average Bonchev–Trinajstić information content (AvgIpc) is 2.71. The Labute approximate surface area is 166 Å². The number of aryl methyl sites for hydroxylation is 4. The number of benzene rings is 2. The second kappa shape index (κ2) is 11.0. The van der Waals surface area contributed by atoms with Crippen LogP contribution in [0.4, 0.5) is 11.4 Å². The van der Waals surface area contributed by atoms with Crippen molar-refractivity contribution in [1.29, 1.82) is 0 Å². The van der Waals surface area contributed by atoms with Gasteiger partial charge in [-0.3, -0.25) is 4.90 Å². The molecule has 0 aliphatic heterocycles. The largest absolute Gasteiger partial charge is 0.383 e. The van der Waals surface area contributed by atoms with E-state index in [0.29, 0.717) is 0 Å². The molecule has 2 N–H and O–H groups in total. The van der Waals surface area contributed by atoms with Crippen LogP contribution in [-0.4, -0.2) is 31.7 Å². The Bertz CT molecular complexity index is 664. The summed E-state index contributed by atoms with van der Waals surface area (Å²) in [5, 5.41) is 7.36. The molecule has 2 aromatic rings. The van der Waals surface area contributed by atoms with Crippen molar-refractivity contribution in [3.8, 4) is 0 Å². The van der Waals surface area contributed by atoms with Gasteiger partial charge in [0.1, 0.15) is 0 Å². The van der Waals surface area contributed by atoms with Gasteiger partial charge in [0.2, 0.25) is 0 Å². The van der Waals surface area contributed by atoms with Gasteiger partial charge in [0.25, 0.3) is 0 Å². The summed E-state index contributed by atoms with van der Waals surface area (Å²) in [7, 11) is 2.18. The fourth-order valence-electron chi connectivity index (χ4n) is 3.60. The monoisotopic (exact) mass is 367 g/mol. The second-order valence-corrected chi connectivity index (χ2v) is 7.16. The molecule has 0 bridgehead atoms. The van der Waals surface area contributed by atoms with E-state index in [-0.39, 0.29) is 0 Å². The summed E-state index contributed by atoms with van der Waals surface area (Å²) in [6.45, 7) is 11.7. The third-order valence-corrected chi connectivity index (χ3v) is 5.32. The van der Waals surface area contributed by atoms with Gasteiger partial charge in [0.15, 0.2) is 0 Å². The van der Waals surface area contributed by atoms with Gasteiger partial charge in [-0.2, -0.15) is 0 Å². The first kappa shape index (κ1) is 21.3. The smallest absolute Gasteiger partial charge is 0.0676 e. The number of hydrogen-bond acceptors (Lipinski definition) is 3. The average molecular weight is 368 g/mol. The summed E-state index contributed by atoms with van der Waals surface area (Å²) < 4.78 is 0. The number of para-hydroxylation sites is 2. The Morgan fingerprint density at radius 3 is 1.48 bits per heavy atom. The SMILES string of the molecule is CCc1cccc(CC)c1NCCN(C)CNc1c(CC)cccc1CC. The minimum absolute atomic E-state index is 0.863. The molecule has 0 aliphatic rings. The zero-order chi connectivity index (χ0) is 19.6. The molecule has 0 aliphatic carbocycles. The van der Waals surface area contributed by atoms with Crippen LogP contribution >= 0.6 is 0 Å². The summed E-state index contributed by atoms with van der Waals surface area (Å²) in [5.74, 6) is 0. The lowest BCUT2D eigenvalue weighted by molar-refractivity contribution is 0.372. The third-order valence-electron chi connectivity index (χ3n) is 5.32. The molecule has 3 heteroatoms. The molecular weight excluding hydrogens is 330 g/mol. The summed E-state index contributed by atoms with van der Waals surface area (Å²) >= 11 is 0. The quantitative estimate of drug-likeness (QED) is 0.524. The molecule has 0 fully saturated rings. The minimum atomic E-state index is 0.863. The van der Waals surface area contributed by atoms with Crippen molar-refractivity contribution >= 4 is 11.4 Å². The van der Waals surface area contributed by atoms with Crippen molar-refractivity contribution in [3.63, 3.8) is 0 Å². The van der Waals surface area contributed by atoms with Crippen LogP contribution in [0.2, 0.25) is 0 Å². The maximum Gasteiger partial charge on any atom is 0.0676 e. The number of rotatable bonds is 11. The highest BCUT2D eigenvalue weighted by atomic mass is 15.2. The summed E-state index contributed by atoms with van der Waals surface area (Å²) in [4.78, 5) is 2.35. The van der Waals surface area contributed by atoms with Crippen LogP contribution in [0.1, 0.15) is 49.9 Å². The number of hydrogen-bond donors (Lipinski definition) is 2. The van der Waals surface area contributed by atoms with Gasteiger partial charge in [-0.25, -0.2) is 0 Å². The van der Waals surface area contributed by atoms with Crippen LogP contribution in [-0.2, 0) is 25.7 Å². The number of anilines is 2. The van der Waals surface area contributed by atoms with E-state index in [9.17, 15) is 0 Å². The summed E-state index contributed by atoms with van der Waals surface area (Å²) in [5.41, 5.74) is 8.32. The van der Waals surface area contributed by atoms with Gasteiger partial charge in [0, 0.05) is 24.5 Å². The lowest BCUT2D eigenvalue weighted by Gasteiger charge is -2.22. The fourth-order valence-corrected chi connectivity index (χ4v) is 3.60. The van der Waals surface area contributed by atoms with Gasteiger partial charge in [-0.05, 0) is 55.0 Å². The van der Waals surface area contributed by atoms with E-state index in [1.165, 1.54) is 33.6 Å². The first-order valence-corrected chi connectivity index (χ1v) is 10.5. The maximum absolute atomic E-state index is 3.69. The van der Waals surface area contributed by atoms with Gasteiger partial charge in [-0.1, -0.05) is 64.1 Å². The molecule has 0 saturated carbocycles. The minimum Gasteiger partial charge on any atom is -0.383 e. The first-order valence-electron chi connectivity index (χ1n) is 10.5. The van der Waals surface area contributed by atoms with Crippen molar-refractivity contribution in [3.05, 3.63) is 58.7 Å². The van der Waals surface area contributed by atoms with Crippen LogP contribution in [0, 0.1) is 0 Å². The molecule has 0 saturated heterocycles. The Balaban J connectivity index is 1.90.